The Hall–Kier alpha value is -1.82. The first-order chi connectivity index (χ1) is 8.56. The van der Waals surface area contributed by atoms with Crippen molar-refractivity contribution in [2.45, 2.75) is 18.9 Å². The monoisotopic (exact) mass is 269 g/mol. The summed E-state index contributed by atoms with van der Waals surface area (Å²) >= 11 is 5.73. The van der Waals surface area contributed by atoms with Gasteiger partial charge in [-0.1, -0.05) is 11.6 Å². The standard InChI is InChI=1S/C11H12ClN3O3/c12-7-1-3-9(10(5-7)15(17)18)14-8-2-4-11(16)13-6-8/h1,3,5,8,14H,2,4,6H2,(H,13,16). The van der Waals surface area contributed by atoms with Crippen LogP contribution in [0.3, 0.4) is 0 Å². The highest BCUT2D eigenvalue weighted by Crippen LogP contribution is 2.28. The zero-order chi connectivity index (χ0) is 13.1. The molecule has 1 saturated heterocycles. The van der Waals surface area contributed by atoms with Crippen LogP contribution in [0.4, 0.5) is 11.4 Å². The van der Waals surface area contributed by atoms with Crippen molar-refractivity contribution in [3.8, 4) is 0 Å². The highest BCUT2D eigenvalue weighted by atomic mass is 35.5. The van der Waals surface area contributed by atoms with Gasteiger partial charge in [0, 0.05) is 30.1 Å². The average Bonchev–Trinajstić information content (AvgIpc) is 2.34. The molecule has 1 aliphatic rings. The molecule has 1 aromatic rings. The number of nitro benzene ring substituents is 1. The van der Waals surface area contributed by atoms with Crippen LogP contribution in [0.2, 0.25) is 5.02 Å². The first-order valence-electron chi connectivity index (χ1n) is 5.53. The molecule has 2 N–H and O–H groups in total. The van der Waals surface area contributed by atoms with Crippen molar-refractivity contribution in [2.75, 3.05) is 11.9 Å². The first-order valence-corrected chi connectivity index (χ1v) is 5.91. The maximum absolute atomic E-state index is 11.0. The molecule has 7 heteroatoms. The smallest absolute Gasteiger partial charge is 0.293 e. The molecule has 0 spiro atoms. The number of anilines is 1. The van der Waals surface area contributed by atoms with Gasteiger partial charge in [0.25, 0.3) is 5.69 Å². The number of nitro groups is 1. The van der Waals surface area contributed by atoms with Crippen LogP contribution in [0.1, 0.15) is 12.8 Å². The SMILES string of the molecule is O=C1CCC(Nc2ccc(Cl)cc2[N+](=O)[O-])CN1. The highest BCUT2D eigenvalue weighted by Gasteiger charge is 2.21. The van der Waals surface area contributed by atoms with Gasteiger partial charge < -0.3 is 10.6 Å². The fraction of sp³-hybridized carbons (Fsp3) is 0.364. The van der Waals surface area contributed by atoms with E-state index in [0.29, 0.717) is 30.1 Å². The molecular weight excluding hydrogens is 258 g/mol. The summed E-state index contributed by atoms with van der Waals surface area (Å²) in [6.45, 7) is 0.471. The number of benzene rings is 1. The highest BCUT2D eigenvalue weighted by molar-refractivity contribution is 6.30. The van der Waals surface area contributed by atoms with Gasteiger partial charge >= 0.3 is 0 Å². The molecule has 1 aliphatic heterocycles. The van der Waals surface area contributed by atoms with Crippen LogP contribution in [-0.4, -0.2) is 23.4 Å². The number of carbonyl (C=O) groups excluding carboxylic acids is 1. The summed E-state index contributed by atoms with van der Waals surface area (Å²) in [5, 5.41) is 17.0. The number of hydrogen-bond acceptors (Lipinski definition) is 4. The zero-order valence-electron chi connectivity index (χ0n) is 9.48. The van der Waals surface area contributed by atoms with Crippen molar-refractivity contribution in [1.29, 1.82) is 0 Å². The third-order valence-electron chi connectivity index (χ3n) is 2.78. The van der Waals surface area contributed by atoms with Crippen LogP contribution >= 0.6 is 11.6 Å². The second-order valence-electron chi connectivity index (χ2n) is 4.10. The molecule has 1 amide bonds. The van der Waals surface area contributed by atoms with Gasteiger partial charge in [0.05, 0.1) is 4.92 Å². The van der Waals surface area contributed by atoms with Crippen molar-refractivity contribution >= 4 is 28.9 Å². The van der Waals surface area contributed by atoms with E-state index < -0.39 is 4.92 Å². The Morgan fingerprint density at radius 3 is 2.89 bits per heavy atom. The predicted molar refractivity (Wildman–Crippen MR) is 67.8 cm³/mol. The lowest BCUT2D eigenvalue weighted by Gasteiger charge is -2.24. The molecule has 1 unspecified atom stereocenters. The molecule has 0 saturated carbocycles. The number of halogens is 1. The Balaban J connectivity index is 2.13. The van der Waals surface area contributed by atoms with Gasteiger partial charge in [0.2, 0.25) is 5.91 Å². The molecule has 1 fully saturated rings. The molecule has 6 nitrogen and oxygen atoms in total. The van der Waals surface area contributed by atoms with E-state index in [1.54, 1.807) is 12.1 Å². The molecule has 1 atom stereocenters. The van der Waals surface area contributed by atoms with Gasteiger partial charge in [-0.3, -0.25) is 14.9 Å². The number of nitrogens with one attached hydrogen (secondary N) is 2. The Bertz CT molecular complexity index is 482. The molecule has 96 valence electrons. The van der Waals surface area contributed by atoms with Crippen LogP contribution in [0.15, 0.2) is 18.2 Å². The summed E-state index contributed by atoms with van der Waals surface area (Å²) in [7, 11) is 0. The third kappa shape index (κ3) is 2.89. The number of rotatable bonds is 3. The second kappa shape index (κ2) is 5.22. The lowest BCUT2D eigenvalue weighted by atomic mass is 10.1. The molecule has 0 aromatic heterocycles. The van der Waals surface area contributed by atoms with Crippen molar-refractivity contribution in [3.05, 3.63) is 33.3 Å². The lowest BCUT2D eigenvalue weighted by Crippen LogP contribution is -2.41. The molecule has 1 aromatic carbocycles. The van der Waals surface area contributed by atoms with E-state index in [1.807, 2.05) is 0 Å². The van der Waals surface area contributed by atoms with Crippen LogP contribution in [0, 0.1) is 10.1 Å². The summed E-state index contributed by atoms with van der Waals surface area (Å²) in [4.78, 5) is 21.4. The van der Waals surface area contributed by atoms with Gasteiger partial charge in [-0.15, -0.1) is 0 Å². The summed E-state index contributed by atoms with van der Waals surface area (Å²) in [6.07, 6.45) is 1.09. The maximum Gasteiger partial charge on any atom is 0.293 e. The van der Waals surface area contributed by atoms with E-state index in [2.05, 4.69) is 10.6 Å². The molecule has 1 heterocycles. The first kappa shape index (κ1) is 12.6. The van der Waals surface area contributed by atoms with Crippen LogP contribution in [-0.2, 0) is 4.79 Å². The minimum absolute atomic E-state index is 0.00238. The van der Waals surface area contributed by atoms with Crippen LogP contribution < -0.4 is 10.6 Å². The molecule has 0 aliphatic carbocycles. The van der Waals surface area contributed by atoms with Gasteiger partial charge in [-0.25, -0.2) is 0 Å². The van der Waals surface area contributed by atoms with Crippen LogP contribution in [0.25, 0.3) is 0 Å². The number of piperidine rings is 1. The number of nitrogens with zero attached hydrogens (tertiary/aromatic N) is 1. The molecule has 0 radical (unpaired) electrons. The zero-order valence-corrected chi connectivity index (χ0v) is 10.2. The second-order valence-corrected chi connectivity index (χ2v) is 4.54. The van der Waals surface area contributed by atoms with E-state index in [-0.39, 0.29) is 17.6 Å². The van der Waals surface area contributed by atoms with Gasteiger partial charge in [-0.05, 0) is 18.6 Å². The van der Waals surface area contributed by atoms with Crippen molar-refractivity contribution < 1.29 is 9.72 Å². The maximum atomic E-state index is 11.0. The normalized spacial score (nSPS) is 19.2. The number of hydrogen-bond donors (Lipinski definition) is 2. The van der Waals surface area contributed by atoms with Gasteiger partial charge in [0.1, 0.15) is 5.69 Å². The van der Waals surface area contributed by atoms with E-state index in [0.717, 1.165) is 0 Å². The number of carbonyl (C=O) groups is 1. The van der Waals surface area contributed by atoms with Crippen LogP contribution in [0.5, 0.6) is 0 Å². The summed E-state index contributed by atoms with van der Waals surface area (Å²) in [5.74, 6) is 0.0126. The Morgan fingerprint density at radius 2 is 2.28 bits per heavy atom. The van der Waals surface area contributed by atoms with Crippen molar-refractivity contribution in [3.63, 3.8) is 0 Å². The molecular formula is C11H12ClN3O3. The Labute approximate surface area is 108 Å². The molecule has 0 bridgehead atoms. The van der Waals surface area contributed by atoms with E-state index in [1.165, 1.54) is 6.07 Å². The quantitative estimate of drug-likeness (QED) is 0.649. The fourth-order valence-electron chi connectivity index (χ4n) is 1.85. The largest absolute Gasteiger partial charge is 0.375 e. The van der Waals surface area contributed by atoms with Gasteiger partial charge in [0.15, 0.2) is 0 Å². The van der Waals surface area contributed by atoms with E-state index in [9.17, 15) is 14.9 Å². The molecule has 18 heavy (non-hydrogen) atoms. The van der Waals surface area contributed by atoms with Crippen molar-refractivity contribution in [1.82, 2.24) is 5.32 Å². The topological polar surface area (TPSA) is 84.3 Å². The van der Waals surface area contributed by atoms with E-state index in [4.69, 9.17) is 11.6 Å². The predicted octanol–water partition coefficient (Wildman–Crippen LogP) is 1.94. The number of amides is 1. The molecule has 2 rings (SSSR count). The lowest BCUT2D eigenvalue weighted by molar-refractivity contribution is -0.384. The summed E-state index contributed by atoms with van der Waals surface area (Å²) in [6, 6.07) is 4.49. The Morgan fingerprint density at radius 1 is 1.50 bits per heavy atom. The average molecular weight is 270 g/mol. The van der Waals surface area contributed by atoms with Crippen molar-refractivity contribution in [2.24, 2.45) is 0 Å². The van der Waals surface area contributed by atoms with Gasteiger partial charge in [-0.2, -0.15) is 0 Å². The summed E-state index contributed by atoms with van der Waals surface area (Å²) in [5.41, 5.74) is 0.366. The van der Waals surface area contributed by atoms with E-state index >= 15 is 0 Å². The minimum Gasteiger partial charge on any atom is -0.375 e. The third-order valence-corrected chi connectivity index (χ3v) is 3.02. The summed E-state index contributed by atoms with van der Waals surface area (Å²) < 4.78 is 0. The minimum atomic E-state index is -0.477. The Kier molecular flexibility index (Phi) is 3.66. The fourth-order valence-corrected chi connectivity index (χ4v) is 2.02.